The van der Waals surface area contributed by atoms with Crippen LogP contribution in [0.1, 0.15) is 11.1 Å². The first-order valence-corrected chi connectivity index (χ1v) is 9.40. The molecule has 1 aliphatic heterocycles. The van der Waals surface area contributed by atoms with Gasteiger partial charge >= 0.3 is 0 Å². The molecule has 3 N–H and O–H groups in total. The number of thiocarbonyl (C=S) groups is 1. The molecule has 0 spiro atoms. The van der Waals surface area contributed by atoms with Gasteiger partial charge in [-0.2, -0.15) is 5.10 Å². The Morgan fingerprint density at radius 3 is 2.67 bits per heavy atom. The number of piperazine rings is 1. The first-order chi connectivity index (χ1) is 13.0. The van der Waals surface area contributed by atoms with Crippen molar-refractivity contribution in [2.24, 2.45) is 10.8 Å². The molecule has 27 heavy (non-hydrogen) atoms. The van der Waals surface area contributed by atoms with Gasteiger partial charge in [0, 0.05) is 37.7 Å². The van der Waals surface area contributed by atoms with Gasteiger partial charge in [-0.25, -0.2) is 4.39 Å². The van der Waals surface area contributed by atoms with E-state index in [1.165, 1.54) is 17.8 Å². The third kappa shape index (κ3) is 5.63. The van der Waals surface area contributed by atoms with Crippen LogP contribution in [-0.4, -0.2) is 42.4 Å². The van der Waals surface area contributed by atoms with Gasteiger partial charge in [-0.15, -0.1) is 0 Å². The molecule has 0 atom stereocenters. The Morgan fingerprint density at radius 2 is 2.00 bits per heavy atom. The molecule has 0 aromatic heterocycles. The lowest BCUT2D eigenvalue weighted by molar-refractivity contribution is 0.249. The molecule has 5 nitrogen and oxygen atoms in total. The molecule has 0 bridgehead atoms. The van der Waals surface area contributed by atoms with Crippen LogP contribution in [0.25, 0.3) is 0 Å². The third-order valence-corrected chi connectivity index (χ3v) is 4.69. The first kappa shape index (κ1) is 19.5. The summed E-state index contributed by atoms with van der Waals surface area (Å²) in [5.41, 5.74) is 10.2. The highest BCUT2D eigenvalue weighted by Gasteiger charge is 2.19. The second-order valence-electron chi connectivity index (χ2n) is 6.34. The van der Waals surface area contributed by atoms with E-state index >= 15 is 0 Å². The molecule has 0 unspecified atom stereocenters. The van der Waals surface area contributed by atoms with Crippen molar-refractivity contribution in [3.63, 3.8) is 0 Å². The predicted molar refractivity (Wildman–Crippen MR) is 113 cm³/mol. The minimum atomic E-state index is -0.266. The van der Waals surface area contributed by atoms with Gasteiger partial charge in [0.1, 0.15) is 5.82 Å². The number of hydrazone groups is 1. The Kier molecular flexibility index (Phi) is 6.60. The van der Waals surface area contributed by atoms with E-state index in [1.54, 1.807) is 6.07 Å². The van der Waals surface area contributed by atoms with Gasteiger partial charge < -0.3 is 10.6 Å². The highest BCUT2D eigenvalue weighted by Crippen LogP contribution is 2.22. The quantitative estimate of drug-likeness (QED) is 0.455. The smallest absolute Gasteiger partial charge is 0.184 e. The van der Waals surface area contributed by atoms with Crippen molar-refractivity contribution < 1.29 is 4.39 Å². The minimum absolute atomic E-state index is 0.0685. The summed E-state index contributed by atoms with van der Waals surface area (Å²) < 4.78 is 14.5. The Bertz CT molecular complexity index is 837. The van der Waals surface area contributed by atoms with E-state index in [1.807, 2.05) is 24.3 Å². The molecule has 0 radical (unpaired) electrons. The van der Waals surface area contributed by atoms with Crippen molar-refractivity contribution in [2.75, 3.05) is 31.1 Å². The lowest BCUT2D eigenvalue weighted by Crippen LogP contribution is -2.46. The summed E-state index contributed by atoms with van der Waals surface area (Å²) in [6.07, 6.45) is 1.48. The second kappa shape index (κ2) is 9.12. The Labute approximate surface area is 168 Å². The van der Waals surface area contributed by atoms with E-state index in [4.69, 9.17) is 17.3 Å². The van der Waals surface area contributed by atoms with Crippen molar-refractivity contribution in [1.82, 2.24) is 10.3 Å². The van der Waals surface area contributed by atoms with Gasteiger partial charge in [0.15, 0.2) is 5.11 Å². The molecule has 0 saturated carbocycles. The summed E-state index contributed by atoms with van der Waals surface area (Å²) in [6.45, 7) is 4.13. The van der Waals surface area contributed by atoms with E-state index in [0.29, 0.717) is 11.3 Å². The number of hydrogen-bond donors (Lipinski definition) is 2. The normalized spacial score (nSPS) is 15.3. The summed E-state index contributed by atoms with van der Waals surface area (Å²) in [5.74, 6) is -0.266. The van der Waals surface area contributed by atoms with E-state index in [-0.39, 0.29) is 10.9 Å². The van der Waals surface area contributed by atoms with Gasteiger partial charge in [-0.1, -0.05) is 29.8 Å². The number of benzene rings is 2. The van der Waals surface area contributed by atoms with Crippen LogP contribution in [0.5, 0.6) is 0 Å². The Morgan fingerprint density at radius 1 is 1.22 bits per heavy atom. The number of halogens is 2. The fourth-order valence-corrected chi connectivity index (χ4v) is 3.34. The SMILES string of the molecule is NC(=S)NN=Cc1ccc(N2CCN(Cc3cccc(Cl)c3)CC2)c(F)c1. The predicted octanol–water partition coefficient (Wildman–Crippen LogP) is 2.97. The van der Waals surface area contributed by atoms with Gasteiger partial charge in [-0.3, -0.25) is 10.3 Å². The molecular weight excluding hydrogens is 385 g/mol. The van der Waals surface area contributed by atoms with E-state index in [2.05, 4.69) is 38.6 Å². The lowest BCUT2D eigenvalue weighted by atomic mass is 10.1. The van der Waals surface area contributed by atoms with Crippen molar-refractivity contribution in [1.29, 1.82) is 0 Å². The van der Waals surface area contributed by atoms with Crippen LogP contribution in [-0.2, 0) is 6.54 Å². The highest BCUT2D eigenvalue weighted by atomic mass is 35.5. The number of nitrogens with zero attached hydrogens (tertiary/aromatic N) is 3. The summed E-state index contributed by atoms with van der Waals surface area (Å²) >= 11 is 10.7. The van der Waals surface area contributed by atoms with E-state index < -0.39 is 0 Å². The minimum Gasteiger partial charge on any atom is -0.375 e. The molecule has 1 fully saturated rings. The van der Waals surface area contributed by atoms with Crippen molar-refractivity contribution in [3.8, 4) is 0 Å². The molecular formula is C19H21ClFN5S. The van der Waals surface area contributed by atoms with Gasteiger partial charge in [0.2, 0.25) is 0 Å². The van der Waals surface area contributed by atoms with Crippen LogP contribution in [0, 0.1) is 5.82 Å². The zero-order chi connectivity index (χ0) is 19.2. The molecule has 0 aliphatic carbocycles. The van der Waals surface area contributed by atoms with Crippen molar-refractivity contribution in [3.05, 3.63) is 64.4 Å². The zero-order valence-electron chi connectivity index (χ0n) is 14.7. The molecule has 8 heteroatoms. The monoisotopic (exact) mass is 405 g/mol. The van der Waals surface area contributed by atoms with Gasteiger partial charge in [-0.05, 0) is 47.6 Å². The maximum absolute atomic E-state index is 14.5. The fraction of sp³-hybridized carbons (Fsp3) is 0.263. The van der Waals surface area contributed by atoms with Crippen LogP contribution in [0.3, 0.4) is 0 Å². The summed E-state index contributed by atoms with van der Waals surface area (Å²) in [6, 6.07) is 13.0. The maximum atomic E-state index is 14.5. The summed E-state index contributed by atoms with van der Waals surface area (Å²) in [4.78, 5) is 4.42. The highest BCUT2D eigenvalue weighted by molar-refractivity contribution is 7.80. The fourth-order valence-electron chi connectivity index (χ4n) is 3.07. The third-order valence-electron chi connectivity index (χ3n) is 4.37. The van der Waals surface area contributed by atoms with Crippen molar-refractivity contribution >= 4 is 40.8 Å². The van der Waals surface area contributed by atoms with E-state index in [0.717, 1.165) is 37.7 Å². The molecule has 1 heterocycles. The first-order valence-electron chi connectivity index (χ1n) is 8.61. The molecule has 2 aromatic rings. The molecule has 1 aliphatic rings. The van der Waals surface area contributed by atoms with Crippen LogP contribution < -0.4 is 16.1 Å². The topological polar surface area (TPSA) is 56.9 Å². The van der Waals surface area contributed by atoms with Crippen molar-refractivity contribution in [2.45, 2.75) is 6.54 Å². The lowest BCUT2D eigenvalue weighted by Gasteiger charge is -2.36. The van der Waals surface area contributed by atoms with Crippen LogP contribution in [0.4, 0.5) is 10.1 Å². The standard InChI is InChI=1S/C19H21ClFN5S/c20-16-3-1-2-15(10-16)13-25-6-8-26(9-7-25)18-5-4-14(11-17(18)21)12-23-24-19(22)27/h1-5,10-12H,6-9,13H2,(H3,22,24,27). The van der Waals surface area contributed by atoms with Crippen LogP contribution in [0.15, 0.2) is 47.6 Å². The number of nitrogens with two attached hydrogens (primary N) is 1. The second-order valence-corrected chi connectivity index (χ2v) is 7.21. The molecule has 1 saturated heterocycles. The molecule has 2 aromatic carbocycles. The zero-order valence-corrected chi connectivity index (χ0v) is 16.3. The largest absolute Gasteiger partial charge is 0.375 e. The summed E-state index contributed by atoms with van der Waals surface area (Å²) in [7, 11) is 0. The van der Waals surface area contributed by atoms with E-state index in [9.17, 15) is 4.39 Å². The Hall–Kier alpha value is -2.22. The van der Waals surface area contributed by atoms with Gasteiger partial charge in [0.05, 0.1) is 11.9 Å². The molecule has 142 valence electrons. The van der Waals surface area contributed by atoms with Gasteiger partial charge in [0.25, 0.3) is 0 Å². The Balaban J connectivity index is 1.57. The molecule has 3 rings (SSSR count). The number of nitrogens with one attached hydrogen (secondary N) is 1. The summed E-state index contributed by atoms with van der Waals surface area (Å²) in [5, 5.41) is 4.66. The van der Waals surface area contributed by atoms with Crippen LogP contribution in [0.2, 0.25) is 5.02 Å². The molecule has 0 amide bonds. The average Bonchev–Trinajstić information content (AvgIpc) is 2.62. The number of hydrogen-bond acceptors (Lipinski definition) is 4. The number of anilines is 1. The maximum Gasteiger partial charge on any atom is 0.184 e. The average molecular weight is 406 g/mol. The van der Waals surface area contributed by atoms with Crippen LogP contribution >= 0.6 is 23.8 Å². The number of rotatable bonds is 5.